The minimum Gasteiger partial charge on any atom is -0.398 e. The fourth-order valence-electron chi connectivity index (χ4n) is 2.29. The summed E-state index contributed by atoms with van der Waals surface area (Å²) < 4.78 is 0. The summed E-state index contributed by atoms with van der Waals surface area (Å²) in [6.07, 6.45) is 2.59. The number of carbonyl (C=O) groups excluding carboxylic acids is 1. The molecule has 104 valence electrons. The van der Waals surface area contributed by atoms with E-state index in [0.717, 1.165) is 17.2 Å². The molecule has 1 fully saturated rings. The number of nitrogens with one attached hydrogen (secondary N) is 1. The molecule has 0 heterocycles. The van der Waals surface area contributed by atoms with Crippen molar-refractivity contribution in [2.45, 2.75) is 32.7 Å². The van der Waals surface area contributed by atoms with Crippen molar-refractivity contribution in [3.05, 3.63) is 23.8 Å². The third kappa shape index (κ3) is 3.47. The highest BCUT2D eigenvalue weighted by Gasteiger charge is 2.30. The zero-order valence-corrected chi connectivity index (χ0v) is 11.9. The Morgan fingerprint density at radius 1 is 1.53 bits per heavy atom. The van der Waals surface area contributed by atoms with E-state index in [4.69, 9.17) is 5.73 Å². The first-order chi connectivity index (χ1) is 8.99. The summed E-state index contributed by atoms with van der Waals surface area (Å²) in [5.41, 5.74) is 8.27. The average molecular weight is 261 g/mol. The number of nitrogens with two attached hydrogens (primary N) is 1. The van der Waals surface area contributed by atoms with Crippen molar-refractivity contribution in [2.24, 2.45) is 5.92 Å². The van der Waals surface area contributed by atoms with Crippen molar-refractivity contribution in [1.29, 1.82) is 0 Å². The van der Waals surface area contributed by atoms with Gasteiger partial charge in [-0.05, 0) is 57.4 Å². The Bertz CT molecular complexity index is 468. The summed E-state index contributed by atoms with van der Waals surface area (Å²) in [5.74, 6) is 0.788. The van der Waals surface area contributed by atoms with Crippen LogP contribution in [0.3, 0.4) is 0 Å². The van der Waals surface area contributed by atoms with Gasteiger partial charge in [0, 0.05) is 17.4 Å². The van der Waals surface area contributed by atoms with Gasteiger partial charge in [0.1, 0.15) is 0 Å². The van der Waals surface area contributed by atoms with E-state index in [2.05, 4.69) is 17.1 Å². The molecule has 1 atom stereocenters. The van der Waals surface area contributed by atoms with Crippen LogP contribution in [0.5, 0.6) is 0 Å². The maximum atomic E-state index is 12.0. The molecule has 0 radical (unpaired) electrons. The first kappa shape index (κ1) is 13.9. The van der Waals surface area contributed by atoms with Crippen molar-refractivity contribution in [3.63, 3.8) is 0 Å². The van der Waals surface area contributed by atoms with E-state index in [0.29, 0.717) is 18.3 Å². The van der Waals surface area contributed by atoms with Gasteiger partial charge in [-0.3, -0.25) is 9.69 Å². The maximum absolute atomic E-state index is 12.0. The van der Waals surface area contributed by atoms with E-state index in [9.17, 15) is 4.79 Å². The summed E-state index contributed by atoms with van der Waals surface area (Å²) in [6, 6.07) is 6.06. The van der Waals surface area contributed by atoms with E-state index in [1.807, 2.05) is 32.2 Å². The van der Waals surface area contributed by atoms with Crippen molar-refractivity contribution >= 4 is 17.3 Å². The number of amides is 1. The zero-order chi connectivity index (χ0) is 14.0. The highest BCUT2D eigenvalue weighted by Crippen LogP contribution is 2.34. The molecule has 1 amide bonds. The van der Waals surface area contributed by atoms with Crippen LogP contribution >= 0.6 is 0 Å². The molecule has 0 aliphatic heterocycles. The number of nitrogen functional groups attached to an aromatic ring is 1. The Hall–Kier alpha value is -1.55. The second kappa shape index (κ2) is 5.61. The molecule has 1 unspecified atom stereocenters. The normalized spacial score (nSPS) is 16.4. The van der Waals surface area contributed by atoms with Crippen LogP contribution in [-0.4, -0.2) is 30.4 Å². The predicted octanol–water partition coefficient (Wildman–Crippen LogP) is 2.25. The van der Waals surface area contributed by atoms with Crippen LogP contribution < -0.4 is 11.1 Å². The topological polar surface area (TPSA) is 58.4 Å². The largest absolute Gasteiger partial charge is 0.398 e. The molecule has 0 saturated heterocycles. The van der Waals surface area contributed by atoms with E-state index in [-0.39, 0.29) is 5.91 Å². The summed E-state index contributed by atoms with van der Waals surface area (Å²) in [6.45, 7) is 4.53. The standard InChI is InChI=1S/C15H23N3O/c1-10-13(16)5-4-6-14(10)17-15(19)9-18(3)11(2)12-7-8-12/h4-6,11-12H,7-9,16H2,1-3H3,(H,17,19). The van der Waals surface area contributed by atoms with Gasteiger partial charge in [0.15, 0.2) is 0 Å². The second-order valence-corrected chi connectivity index (χ2v) is 5.56. The molecular formula is C15H23N3O. The van der Waals surface area contributed by atoms with Gasteiger partial charge < -0.3 is 11.1 Å². The number of benzene rings is 1. The van der Waals surface area contributed by atoms with Gasteiger partial charge in [0.05, 0.1) is 6.54 Å². The number of carbonyl (C=O) groups is 1. The lowest BCUT2D eigenvalue weighted by Crippen LogP contribution is -2.37. The molecule has 1 aromatic rings. The Kier molecular flexibility index (Phi) is 4.10. The quantitative estimate of drug-likeness (QED) is 0.799. The molecule has 1 aromatic carbocycles. The molecular weight excluding hydrogens is 238 g/mol. The fraction of sp³-hybridized carbons (Fsp3) is 0.533. The Morgan fingerprint density at radius 3 is 2.84 bits per heavy atom. The molecule has 4 heteroatoms. The lowest BCUT2D eigenvalue weighted by atomic mass is 10.1. The molecule has 4 nitrogen and oxygen atoms in total. The Labute approximate surface area is 115 Å². The van der Waals surface area contributed by atoms with Gasteiger partial charge in [0.2, 0.25) is 5.91 Å². The number of likely N-dealkylation sites (N-methyl/N-ethyl adjacent to an activating group) is 1. The molecule has 1 saturated carbocycles. The summed E-state index contributed by atoms with van der Waals surface area (Å²) in [7, 11) is 2.01. The van der Waals surface area contributed by atoms with Gasteiger partial charge in [-0.2, -0.15) is 0 Å². The van der Waals surface area contributed by atoms with Crippen LogP contribution in [-0.2, 0) is 4.79 Å². The minimum atomic E-state index is 0.0173. The van der Waals surface area contributed by atoms with Crippen molar-refractivity contribution < 1.29 is 4.79 Å². The molecule has 0 spiro atoms. The van der Waals surface area contributed by atoms with Gasteiger partial charge >= 0.3 is 0 Å². The first-order valence-corrected chi connectivity index (χ1v) is 6.84. The summed E-state index contributed by atoms with van der Waals surface area (Å²) in [5, 5.41) is 2.94. The summed E-state index contributed by atoms with van der Waals surface area (Å²) >= 11 is 0. The molecule has 1 aliphatic rings. The van der Waals surface area contributed by atoms with E-state index in [1.54, 1.807) is 0 Å². The molecule has 0 bridgehead atoms. The van der Waals surface area contributed by atoms with Crippen LogP contribution in [0.2, 0.25) is 0 Å². The lowest BCUT2D eigenvalue weighted by Gasteiger charge is -2.24. The van der Waals surface area contributed by atoms with Gasteiger partial charge in [-0.1, -0.05) is 6.07 Å². The van der Waals surface area contributed by atoms with E-state index in [1.165, 1.54) is 12.8 Å². The van der Waals surface area contributed by atoms with Gasteiger partial charge in [-0.25, -0.2) is 0 Å². The first-order valence-electron chi connectivity index (χ1n) is 6.84. The highest BCUT2D eigenvalue weighted by atomic mass is 16.2. The van der Waals surface area contributed by atoms with Crippen LogP contribution in [0.25, 0.3) is 0 Å². The number of hydrogen-bond acceptors (Lipinski definition) is 3. The molecule has 19 heavy (non-hydrogen) atoms. The van der Waals surface area contributed by atoms with Crippen LogP contribution in [0.4, 0.5) is 11.4 Å². The van der Waals surface area contributed by atoms with Crippen molar-refractivity contribution in [2.75, 3.05) is 24.6 Å². The number of hydrogen-bond donors (Lipinski definition) is 2. The molecule has 1 aliphatic carbocycles. The molecule has 0 aromatic heterocycles. The third-order valence-electron chi connectivity index (χ3n) is 4.04. The SMILES string of the molecule is Cc1c(N)cccc1NC(=O)CN(C)C(C)C1CC1. The molecule has 2 rings (SSSR count). The van der Waals surface area contributed by atoms with Crippen LogP contribution in [0, 0.1) is 12.8 Å². The van der Waals surface area contributed by atoms with Crippen LogP contribution in [0.15, 0.2) is 18.2 Å². The Balaban J connectivity index is 1.91. The number of anilines is 2. The number of rotatable bonds is 5. The highest BCUT2D eigenvalue weighted by molar-refractivity contribution is 5.93. The van der Waals surface area contributed by atoms with Gasteiger partial charge in [0.25, 0.3) is 0 Å². The smallest absolute Gasteiger partial charge is 0.238 e. The Morgan fingerprint density at radius 2 is 2.21 bits per heavy atom. The van der Waals surface area contributed by atoms with Crippen LogP contribution in [0.1, 0.15) is 25.3 Å². The average Bonchev–Trinajstić information content (AvgIpc) is 3.18. The zero-order valence-electron chi connectivity index (χ0n) is 11.9. The van der Waals surface area contributed by atoms with Crippen molar-refractivity contribution in [3.8, 4) is 0 Å². The summed E-state index contributed by atoms with van der Waals surface area (Å²) in [4.78, 5) is 14.2. The van der Waals surface area contributed by atoms with E-state index < -0.39 is 0 Å². The van der Waals surface area contributed by atoms with Crippen molar-refractivity contribution in [1.82, 2.24) is 4.90 Å². The monoisotopic (exact) mass is 261 g/mol. The van der Waals surface area contributed by atoms with Gasteiger partial charge in [-0.15, -0.1) is 0 Å². The second-order valence-electron chi connectivity index (χ2n) is 5.56. The van der Waals surface area contributed by atoms with E-state index >= 15 is 0 Å². The maximum Gasteiger partial charge on any atom is 0.238 e. The number of nitrogens with zero attached hydrogens (tertiary/aromatic N) is 1. The predicted molar refractivity (Wildman–Crippen MR) is 79.0 cm³/mol. The lowest BCUT2D eigenvalue weighted by molar-refractivity contribution is -0.117. The minimum absolute atomic E-state index is 0.0173. The third-order valence-corrected chi connectivity index (χ3v) is 4.04. The molecule has 3 N–H and O–H groups in total. The fourth-order valence-corrected chi connectivity index (χ4v) is 2.29.